The van der Waals surface area contributed by atoms with Crippen molar-refractivity contribution in [1.29, 1.82) is 0 Å². The summed E-state index contributed by atoms with van der Waals surface area (Å²) >= 11 is 0. The van der Waals surface area contributed by atoms with Gasteiger partial charge in [0.2, 0.25) is 5.91 Å². The van der Waals surface area contributed by atoms with Crippen LogP contribution in [0.15, 0.2) is 0 Å². The van der Waals surface area contributed by atoms with Crippen molar-refractivity contribution >= 4 is 5.91 Å². The predicted molar refractivity (Wildman–Crippen MR) is 61.8 cm³/mol. The molecular formula is C11H24N2O2. The van der Waals surface area contributed by atoms with Crippen LogP contribution in [0.1, 0.15) is 27.7 Å². The highest BCUT2D eigenvalue weighted by atomic mass is 16.5. The van der Waals surface area contributed by atoms with E-state index in [1.54, 1.807) is 7.11 Å². The zero-order chi connectivity index (χ0) is 11.9. The van der Waals surface area contributed by atoms with E-state index in [2.05, 4.69) is 31.4 Å². The minimum atomic E-state index is -0.152. The first-order valence-electron chi connectivity index (χ1n) is 5.37. The maximum Gasteiger partial charge on any atom is 0.236 e. The number of ether oxygens (including phenoxy) is 1. The van der Waals surface area contributed by atoms with Gasteiger partial charge in [-0.3, -0.25) is 4.79 Å². The van der Waals surface area contributed by atoms with Crippen molar-refractivity contribution in [3.63, 3.8) is 0 Å². The Bertz CT molecular complexity index is 188. The van der Waals surface area contributed by atoms with Gasteiger partial charge in [-0.15, -0.1) is 0 Å². The van der Waals surface area contributed by atoms with E-state index in [9.17, 15) is 4.79 Å². The van der Waals surface area contributed by atoms with Crippen molar-refractivity contribution in [2.75, 3.05) is 26.8 Å². The number of hydrogen-bond acceptors (Lipinski definition) is 3. The van der Waals surface area contributed by atoms with Gasteiger partial charge in [0.25, 0.3) is 0 Å². The number of nitrogens with one attached hydrogen (secondary N) is 2. The van der Waals surface area contributed by atoms with Crippen LogP contribution in [-0.4, -0.2) is 38.8 Å². The van der Waals surface area contributed by atoms with Crippen LogP contribution >= 0.6 is 0 Å². The van der Waals surface area contributed by atoms with Gasteiger partial charge in [-0.05, 0) is 12.3 Å². The highest BCUT2D eigenvalue weighted by molar-refractivity contribution is 5.81. The van der Waals surface area contributed by atoms with E-state index >= 15 is 0 Å². The van der Waals surface area contributed by atoms with Crippen LogP contribution in [-0.2, 0) is 9.53 Å². The molecule has 2 N–H and O–H groups in total. The Balaban J connectivity index is 3.70. The highest BCUT2D eigenvalue weighted by Crippen LogP contribution is 2.10. The van der Waals surface area contributed by atoms with Crippen molar-refractivity contribution in [3.8, 4) is 0 Å². The smallest absolute Gasteiger partial charge is 0.236 e. The Morgan fingerprint density at radius 3 is 2.47 bits per heavy atom. The number of amides is 1. The molecule has 0 saturated carbocycles. The number of carbonyl (C=O) groups excluding carboxylic acids is 1. The van der Waals surface area contributed by atoms with Crippen LogP contribution < -0.4 is 10.6 Å². The molecule has 90 valence electrons. The number of methoxy groups -OCH3 is 1. The first kappa shape index (κ1) is 14.4. The quantitative estimate of drug-likeness (QED) is 0.645. The zero-order valence-electron chi connectivity index (χ0n) is 10.5. The molecule has 0 heterocycles. The van der Waals surface area contributed by atoms with E-state index in [-0.39, 0.29) is 17.4 Å². The summed E-state index contributed by atoms with van der Waals surface area (Å²) in [4.78, 5) is 11.5. The second-order valence-corrected chi connectivity index (χ2v) is 4.95. The molecule has 0 aliphatic carbocycles. The minimum Gasteiger partial charge on any atom is -0.383 e. The maximum atomic E-state index is 11.5. The molecule has 0 aromatic carbocycles. The Morgan fingerprint density at radius 2 is 2.00 bits per heavy atom. The third-order valence-corrected chi connectivity index (χ3v) is 1.94. The lowest BCUT2D eigenvalue weighted by Gasteiger charge is -2.22. The van der Waals surface area contributed by atoms with Gasteiger partial charge in [-0.25, -0.2) is 0 Å². The molecular weight excluding hydrogens is 192 g/mol. The lowest BCUT2D eigenvalue weighted by Crippen LogP contribution is -2.45. The molecule has 0 rings (SSSR count). The molecule has 0 bridgehead atoms. The van der Waals surface area contributed by atoms with Crippen LogP contribution in [0.25, 0.3) is 0 Å². The van der Waals surface area contributed by atoms with Crippen molar-refractivity contribution in [2.24, 2.45) is 5.41 Å². The average Bonchev–Trinajstić information content (AvgIpc) is 2.13. The van der Waals surface area contributed by atoms with Gasteiger partial charge in [-0.1, -0.05) is 20.8 Å². The summed E-state index contributed by atoms with van der Waals surface area (Å²) in [7, 11) is 1.62. The van der Waals surface area contributed by atoms with E-state index in [0.717, 1.165) is 6.54 Å². The third-order valence-electron chi connectivity index (χ3n) is 1.94. The monoisotopic (exact) mass is 216 g/mol. The van der Waals surface area contributed by atoms with Gasteiger partial charge in [0, 0.05) is 20.2 Å². The second kappa shape index (κ2) is 6.80. The minimum absolute atomic E-state index is 0.0244. The van der Waals surface area contributed by atoms with Crippen molar-refractivity contribution in [3.05, 3.63) is 0 Å². The molecule has 15 heavy (non-hydrogen) atoms. The summed E-state index contributed by atoms with van der Waals surface area (Å²) in [6, 6.07) is -0.152. The lowest BCUT2D eigenvalue weighted by molar-refractivity contribution is -0.123. The summed E-state index contributed by atoms with van der Waals surface area (Å²) in [5.41, 5.74) is 0.196. The topological polar surface area (TPSA) is 50.4 Å². The van der Waals surface area contributed by atoms with Crippen LogP contribution in [0.3, 0.4) is 0 Å². The van der Waals surface area contributed by atoms with Crippen LogP contribution in [0.4, 0.5) is 0 Å². The standard InChI is InChI=1S/C11H24N2O2/c1-9(13-8-11(2,3)4)10(14)12-6-7-15-5/h9,13H,6-8H2,1-5H3,(H,12,14). The fourth-order valence-corrected chi connectivity index (χ4v) is 0.981. The van der Waals surface area contributed by atoms with E-state index in [4.69, 9.17) is 4.74 Å². The van der Waals surface area contributed by atoms with E-state index in [0.29, 0.717) is 13.2 Å². The van der Waals surface area contributed by atoms with Crippen molar-refractivity contribution in [2.45, 2.75) is 33.7 Å². The Morgan fingerprint density at radius 1 is 1.40 bits per heavy atom. The second-order valence-electron chi connectivity index (χ2n) is 4.95. The SMILES string of the molecule is COCCNC(=O)C(C)NCC(C)(C)C. The Hall–Kier alpha value is -0.610. The molecule has 0 aliphatic heterocycles. The Kier molecular flexibility index (Phi) is 6.52. The van der Waals surface area contributed by atoms with Crippen LogP contribution in [0.5, 0.6) is 0 Å². The van der Waals surface area contributed by atoms with Crippen LogP contribution in [0.2, 0.25) is 0 Å². The zero-order valence-corrected chi connectivity index (χ0v) is 10.5. The predicted octanol–water partition coefficient (Wildman–Crippen LogP) is 0.773. The van der Waals surface area contributed by atoms with Crippen LogP contribution in [0, 0.1) is 5.41 Å². The van der Waals surface area contributed by atoms with Gasteiger partial charge in [0.05, 0.1) is 12.6 Å². The number of carbonyl (C=O) groups is 1. The van der Waals surface area contributed by atoms with Gasteiger partial charge in [-0.2, -0.15) is 0 Å². The van der Waals surface area contributed by atoms with E-state index in [1.165, 1.54) is 0 Å². The summed E-state index contributed by atoms with van der Waals surface area (Å²) in [6.45, 7) is 10.2. The molecule has 0 aromatic heterocycles. The van der Waals surface area contributed by atoms with Gasteiger partial charge >= 0.3 is 0 Å². The number of hydrogen-bond donors (Lipinski definition) is 2. The van der Waals surface area contributed by atoms with Crippen molar-refractivity contribution < 1.29 is 9.53 Å². The first-order valence-corrected chi connectivity index (χ1v) is 5.37. The summed E-state index contributed by atoms with van der Waals surface area (Å²) in [6.07, 6.45) is 0. The van der Waals surface area contributed by atoms with Gasteiger partial charge < -0.3 is 15.4 Å². The molecule has 4 nitrogen and oxygen atoms in total. The van der Waals surface area contributed by atoms with Crippen molar-refractivity contribution in [1.82, 2.24) is 10.6 Å². The lowest BCUT2D eigenvalue weighted by atomic mass is 9.96. The summed E-state index contributed by atoms with van der Waals surface area (Å²) in [5, 5.41) is 5.99. The first-order chi connectivity index (χ1) is 6.87. The molecule has 1 atom stereocenters. The molecule has 0 aliphatic rings. The molecule has 1 unspecified atom stereocenters. The summed E-state index contributed by atoms with van der Waals surface area (Å²) < 4.78 is 4.85. The molecule has 4 heteroatoms. The molecule has 0 fully saturated rings. The normalized spacial score (nSPS) is 13.7. The summed E-state index contributed by atoms with van der Waals surface area (Å²) in [5.74, 6) is 0.0244. The van der Waals surface area contributed by atoms with Gasteiger partial charge in [0.15, 0.2) is 0 Å². The molecule has 0 spiro atoms. The third kappa shape index (κ3) is 8.39. The average molecular weight is 216 g/mol. The molecule has 0 aromatic rings. The molecule has 0 saturated heterocycles. The fraction of sp³-hybridized carbons (Fsp3) is 0.909. The highest BCUT2D eigenvalue weighted by Gasteiger charge is 2.15. The molecule has 0 radical (unpaired) electrons. The number of rotatable bonds is 6. The molecule has 1 amide bonds. The Labute approximate surface area is 92.8 Å². The maximum absolute atomic E-state index is 11.5. The van der Waals surface area contributed by atoms with E-state index < -0.39 is 0 Å². The van der Waals surface area contributed by atoms with E-state index in [1.807, 2.05) is 6.92 Å². The fourth-order valence-electron chi connectivity index (χ4n) is 0.981. The van der Waals surface area contributed by atoms with Gasteiger partial charge in [0.1, 0.15) is 0 Å². The largest absolute Gasteiger partial charge is 0.383 e.